The first-order chi connectivity index (χ1) is 12.7. The van der Waals surface area contributed by atoms with Crippen molar-refractivity contribution in [2.45, 2.75) is 28.4 Å². The van der Waals surface area contributed by atoms with Crippen LogP contribution in [0.5, 0.6) is 0 Å². The van der Waals surface area contributed by atoms with Gasteiger partial charge in [0.15, 0.2) is 0 Å². The minimum Gasteiger partial charge on any atom is -0.272 e. The molecule has 0 aliphatic rings. The lowest BCUT2D eigenvalue weighted by Crippen LogP contribution is -2.42. The Labute approximate surface area is 161 Å². The molecule has 0 radical (unpaired) electrons. The molecule has 0 saturated heterocycles. The van der Waals surface area contributed by atoms with Gasteiger partial charge in [0.2, 0.25) is 5.91 Å². The molecule has 0 saturated carbocycles. The van der Waals surface area contributed by atoms with Crippen LogP contribution in [0, 0.1) is 5.82 Å². The maximum atomic E-state index is 13.6. The number of carbonyl (C=O) groups is 1. The molecule has 0 unspecified atom stereocenters. The number of halogens is 1. The van der Waals surface area contributed by atoms with Gasteiger partial charge in [-0.05, 0) is 50.2 Å². The number of hydrogen-bond acceptors (Lipinski definition) is 5. The third-order valence-corrected chi connectivity index (χ3v) is 6.47. The Bertz CT molecular complexity index is 1100. The van der Waals surface area contributed by atoms with Crippen molar-refractivity contribution in [2.75, 3.05) is 0 Å². The standard InChI is InChI=1S/C19H17FN2O3S2/c1-19(2,18(23)22-27(24,25)14-6-4-3-5-7-14)26-17-10-11-21-16-9-8-13(20)12-15(16)17/h3-12H,1-2H3,(H,22,23). The summed E-state index contributed by atoms with van der Waals surface area (Å²) in [5.74, 6) is -1.08. The van der Waals surface area contributed by atoms with Gasteiger partial charge in [0, 0.05) is 16.5 Å². The molecule has 5 nitrogen and oxygen atoms in total. The molecule has 0 aliphatic carbocycles. The Kier molecular flexibility index (Phi) is 5.21. The predicted molar refractivity (Wildman–Crippen MR) is 103 cm³/mol. The molecule has 3 rings (SSSR count). The molecule has 0 spiro atoms. The summed E-state index contributed by atoms with van der Waals surface area (Å²) in [7, 11) is -3.97. The summed E-state index contributed by atoms with van der Waals surface area (Å²) in [6.07, 6.45) is 1.57. The SMILES string of the molecule is CC(C)(Sc1ccnc2ccc(F)cc12)C(=O)NS(=O)(=O)c1ccccc1. The Balaban J connectivity index is 1.87. The molecule has 2 aromatic carbocycles. The zero-order valence-corrected chi connectivity index (χ0v) is 16.3. The molecular formula is C19H17FN2O3S2. The Morgan fingerprint density at radius 2 is 1.81 bits per heavy atom. The van der Waals surface area contributed by atoms with Gasteiger partial charge >= 0.3 is 0 Å². The first-order valence-corrected chi connectivity index (χ1v) is 10.3. The topological polar surface area (TPSA) is 76.1 Å². The molecule has 1 amide bonds. The van der Waals surface area contributed by atoms with Crippen LogP contribution in [-0.2, 0) is 14.8 Å². The van der Waals surface area contributed by atoms with Crippen molar-refractivity contribution in [3.8, 4) is 0 Å². The molecule has 0 atom stereocenters. The van der Waals surface area contributed by atoms with E-state index in [9.17, 15) is 17.6 Å². The third kappa shape index (κ3) is 4.28. The molecule has 1 heterocycles. The first kappa shape index (κ1) is 19.3. The lowest BCUT2D eigenvalue weighted by Gasteiger charge is -2.23. The number of nitrogens with one attached hydrogen (secondary N) is 1. The molecule has 0 aliphatic heterocycles. The summed E-state index contributed by atoms with van der Waals surface area (Å²) >= 11 is 1.14. The summed E-state index contributed by atoms with van der Waals surface area (Å²) in [6.45, 7) is 3.22. The largest absolute Gasteiger partial charge is 0.272 e. The van der Waals surface area contributed by atoms with Crippen LogP contribution in [-0.4, -0.2) is 24.1 Å². The average Bonchev–Trinajstić information content (AvgIpc) is 2.62. The number of nitrogens with zero attached hydrogens (tertiary/aromatic N) is 1. The van der Waals surface area contributed by atoms with E-state index in [4.69, 9.17) is 0 Å². The highest BCUT2D eigenvalue weighted by molar-refractivity contribution is 8.01. The second-order valence-electron chi connectivity index (χ2n) is 6.33. The third-order valence-electron chi connectivity index (χ3n) is 3.86. The normalized spacial score (nSPS) is 12.1. The van der Waals surface area contributed by atoms with Crippen LogP contribution < -0.4 is 4.72 Å². The minimum absolute atomic E-state index is 0.00980. The van der Waals surface area contributed by atoms with E-state index in [0.29, 0.717) is 15.8 Å². The summed E-state index contributed by atoms with van der Waals surface area (Å²) in [5.41, 5.74) is 0.592. The molecule has 0 bridgehead atoms. The van der Waals surface area contributed by atoms with Gasteiger partial charge in [0.25, 0.3) is 10.0 Å². The second-order valence-corrected chi connectivity index (χ2v) is 9.68. The molecule has 1 aromatic heterocycles. The van der Waals surface area contributed by atoms with Gasteiger partial charge in [-0.15, -0.1) is 11.8 Å². The van der Waals surface area contributed by atoms with Gasteiger partial charge in [0.05, 0.1) is 15.2 Å². The maximum absolute atomic E-state index is 13.6. The van der Waals surface area contributed by atoms with Gasteiger partial charge in [-0.25, -0.2) is 17.5 Å². The minimum atomic E-state index is -3.97. The molecular weight excluding hydrogens is 387 g/mol. The van der Waals surface area contributed by atoms with E-state index < -0.39 is 26.5 Å². The number of fused-ring (bicyclic) bond motifs is 1. The van der Waals surface area contributed by atoms with Crippen molar-refractivity contribution in [2.24, 2.45) is 0 Å². The Hall–Kier alpha value is -2.45. The number of pyridine rings is 1. The van der Waals surface area contributed by atoms with Gasteiger partial charge in [0.1, 0.15) is 5.82 Å². The van der Waals surface area contributed by atoms with Crippen LogP contribution in [0.4, 0.5) is 4.39 Å². The van der Waals surface area contributed by atoms with Gasteiger partial charge in [-0.2, -0.15) is 0 Å². The lowest BCUT2D eigenvalue weighted by atomic mass is 10.2. The van der Waals surface area contributed by atoms with E-state index in [0.717, 1.165) is 11.8 Å². The number of sulfonamides is 1. The van der Waals surface area contributed by atoms with E-state index >= 15 is 0 Å². The predicted octanol–water partition coefficient (Wildman–Crippen LogP) is 3.75. The van der Waals surface area contributed by atoms with Crippen LogP contribution >= 0.6 is 11.8 Å². The van der Waals surface area contributed by atoms with E-state index in [1.807, 2.05) is 0 Å². The quantitative estimate of drug-likeness (QED) is 0.656. The fourth-order valence-electron chi connectivity index (χ4n) is 2.41. The number of carbonyl (C=O) groups excluding carboxylic acids is 1. The summed E-state index contributed by atoms with van der Waals surface area (Å²) < 4.78 is 39.4. The summed E-state index contributed by atoms with van der Waals surface area (Å²) in [6, 6.07) is 13.6. The molecule has 140 valence electrons. The van der Waals surface area contributed by atoms with Gasteiger partial charge < -0.3 is 0 Å². The average molecular weight is 404 g/mol. The molecule has 0 fully saturated rings. The number of benzene rings is 2. The fourth-order valence-corrected chi connectivity index (χ4v) is 4.70. The van der Waals surface area contributed by atoms with E-state index in [1.54, 1.807) is 50.4 Å². The monoisotopic (exact) mass is 404 g/mol. The Morgan fingerprint density at radius 1 is 1.11 bits per heavy atom. The molecule has 3 aromatic rings. The fraction of sp³-hybridized carbons (Fsp3) is 0.158. The van der Waals surface area contributed by atoms with Gasteiger partial charge in [-0.1, -0.05) is 18.2 Å². The number of amides is 1. The number of aromatic nitrogens is 1. The van der Waals surface area contributed by atoms with Crippen molar-refractivity contribution in [1.82, 2.24) is 9.71 Å². The number of thioether (sulfide) groups is 1. The van der Waals surface area contributed by atoms with Crippen molar-refractivity contribution in [3.05, 3.63) is 66.6 Å². The zero-order valence-electron chi connectivity index (χ0n) is 14.6. The van der Waals surface area contributed by atoms with Gasteiger partial charge in [-0.3, -0.25) is 9.78 Å². The highest BCUT2D eigenvalue weighted by atomic mass is 32.2. The second kappa shape index (κ2) is 7.28. The molecule has 27 heavy (non-hydrogen) atoms. The lowest BCUT2D eigenvalue weighted by molar-refractivity contribution is -0.120. The summed E-state index contributed by atoms with van der Waals surface area (Å²) in [5, 5.41) is 0.564. The van der Waals surface area contributed by atoms with E-state index in [-0.39, 0.29) is 4.90 Å². The number of rotatable bonds is 5. The maximum Gasteiger partial charge on any atom is 0.264 e. The van der Waals surface area contributed by atoms with Crippen molar-refractivity contribution < 1.29 is 17.6 Å². The highest BCUT2D eigenvalue weighted by Crippen LogP contribution is 2.37. The van der Waals surface area contributed by atoms with Crippen LogP contribution in [0.15, 0.2) is 70.6 Å². The smallest absolute Gasteiger partial charge is 0.264 e. The molecule has 8 heteroatoms. The van der Waals surface area contributed by atoms with Crippen LogP contribution in [0.1, 0.15) is 13.8 Å². The number of hydrogen-bond donors (Lipinski definition) is 1. The summed E-state index contributed by atoms with van der Waals surface area (Å²) in [4.78, 5) is 17.5. The van der Waals surface area contributed by atoms with Crippen molar-refractivity contribution in [1.29, 1.82) is 0 Å². The van der Waals surface area contributed by atoms with Crippen LogP contribution in [0.3, 0.4) is 0 Å². The highest BCUT2D eigenvalue weighted by Gasteiger charge is 2.33. The van der Waals surface area contributed by atoms with Crippen LogP contribution in [0.25, 0.3) is 10.9 Å². The van der Waals surface area contributed by atoms with E-state index in [2.05, 4.69) is 9.71 Å². The van der Waals surface area contributed by atoms with Crippen molar-refractivity contribution >= 4 is 38.6 Å². The first-order valence-electron chi connectivity index (χ1n) is 8.05. The zero-order chi connectivity index (χ0) is 19.7. The van der Waals surface area contributed by atoms with E-state index in [1.165, 1.54) is 24.3 Å². The van der Waals surface area contributed by atoms with Crippen molar-refractivity contribution in [3.63, 3.8) is 0 Å². The molecule has 1 N–H and O–H groups in total. The van der Waals surface area contributed by atoms with Crippen LogP contribution in [0.2, 0.25) is 0 Å². The Morgan fingerprint density at radius 3 is 2.52 bits per heavy atom.